The van der Waals surface area contributed by atoms with E-state index in [4.69, 9.17) is 37.9 Å². The monoisotopic (exact) mass is 701 g/mol. The third-order valence-corrected chi connectivity index (χ3v) is 7.65. The average Bonchev–Trinajstić information content (AvgIpc) is 3.47. The van der Waals surface area contributed by atoms with E-state index in [0.717, 1.165) is 24.3 Å². The Hall–Kier alpha value is -6.48. The number of benzene rings is 4. The first-order valence-corrected chi connectivity index (χ1v) is 15.2. The van der Waals surface area contributed by atoms with E-state index in [9.17, 15) is 29.3 Å². The molecule has 5 rings (SSSR count). The van der Waals surface area contributed by atoms with E-state index in [0.29, 0.717) is 0 Å². The molecule has 0 spiro atoms. The minimum Gasteiger partial charge on any atom is -0.496 e. The maximum Gasteiger partial charge on any atom is 0.342 e. The Morgan fingerprint density at radius 3 is 1.53 bits per heavy atom. The van der Waals surface area contributed by atoms with E-state index < -0.39 is 60.0 Å². The summed E-state index contributed by atoms with van der Waals surface area (Å²) in [7, 11) is 4.09. The van der Waals surface area contributed by atoms with Crippen LogP contribution in [-0.2, 0) is 23.7 Å². The van der Waals surface area contributed by atoms with Gasteiger partial charge in [0.2, 0.25) is 12.4 Å². The highest BCUT2D eigenvalue weighted by Gasteiger charge is 2.53. The summed E-state index contributed by atoms with van der Waals surface area (Å²) in [6, 6.07) is 23.2. The molecule has 1 aliphatic heterocycles. The number of hydrogen-bond donors (Lipinski definition) is 0. The van der Waals surface area contributed by atoms with Gasteiger partial charge in [0.25, 0.3) is 5.69 Å². The molecule has 0 aromatic heterocycles. The summed E-state index contributed by atoms with van der Waals surface area (Å²) >= 11 is 0. The summed E-state index contributed by atoms with van der Waals surface area (Å²) in [6.07, 6.45) is -6.29. The van der Waals surface area contributed by atoms with E-state index in [1.54, 1.807) is 42.5 Å². The van der Waals surface area contributed by atoms with Crippen molar-refractivity contribution in [1.82, 2.24) is 0 Å². The van der Waals surface area contributed by atoms with Crippen molar-refractivity contribution in [2.24, 2.45) is 0 Å². The van der Waals surface area contributed by atoms with Crippen LogP contribution < -0.4 is 14.2 Å². The number of esters is 4. The van der Waals surface area contributed by atoms with Gasteiger partial charge in [-0.3, -0.25) is 10.1 Å². The molecular weight excluding hydrogens is 670 g/mol. The first-order chi connectivity index (χ1) is 24.6. The molecule has 1 aliphatic rings. The van der Waals surface area contributed by atoms with E-state index in [1.807, 2.05) is 0 Å². The number of para-hydroxylation sites is 3. The van der Waals surface area contributed by atoms with Gasteiger partial charge in [0.15, 0.2) is 6.10 Å². The second-order valence-electron chi connectivity index (χ2n) is 10.7. The van der Waals surface area contributed by atoms with Crippen molar-refractivity contribution in [2.75, 3.05) is 27.9 Å². The van der Waals surface area contributed by atoms with Crippen molar-refractivity contribution in [3.05, 3.63) is 129 Å². The molecule has 4 aromatic rings. The Morgan fingerprint density at radius 1 is 0.608 bits per heavy atom. The molecule has 0 N–H and O–H groups in total. The molecule has 0 bridgehead atoms. The van der Waals surface area contributed by atoms with Gasteiger partial charge in [-0.15, -0.1) is 0 Å². The Bertz CT molecular complexity index is 1910. The molecule has 15 heteroatoms. The SMILES string of the molecule is COc1ccccc1C(=O)OCC1OC(OC(=O)c2ccc([N+](=O)[O-])cc2)C(OC(=O)c2ccccc2OC)C1OC(=O)c1ccccc1OC. The van der Waals surface area contributed by atoms with Crippen molar-refractivity contribution in [3.8, 4) is 17.2 Å². The van der Waals surface area contributed by atoms with Crippen LogP contribution in [0, 0.1) is 10.1 Å². The predicted octanol–water partition coefficient (Wildman–Crippen LogP) is 4.81. The predicted molar refractivity (Wildman–Crippen MR) is 175 cm³/mol. The molecule has 0 aliphatic carbocycles. The van der Waals surface area contributed by atoms with Crippen molar-refractivity contribution in [1.29, 1.82) is 0 Å². The molecular formula is C36H31NO14. The third kappa shape index (κ3) is 8.22. The van der Waals surface area contributed by atoms with Crippen LogP contribution in [0.25, 0.3) is 0 Å². The van der Waals surface area contributed by atoms with Crippen LogP contribution in [0.3, 0.4) is 0 Å². The summed E-state index contributed by atoms with van der Waals surface area (Å²) in [6.45, 7) is -0.574. The van der Waals surface area contributed by atoms with E-state index in [-0.39, 0.29) is 45.2 Å². The largest absolute Gasteiger partial charge is 0.496 e. The number of methoxy groups -OCH3 is 3. The number of rotatable bonds is 13. The number of non-ortho nitro benzene ring substituents is 1. The maximum atomic E-state index is 13.6. The molecule has 1 heterocycles. The zero-order valence-electron chi connectivity index (χ0n) is 27.4. The smallest absolute Gasteiger partial charge is 0.342 e. The fourth-order valence-electron chi connectivity index (χ4n) is 5.13. The maximum absolute atomic E-state index is 13.6. The minimum absolute atomic E-state index is 0.00546. The second-order valence-corrected chi connectivity index (χ2v) is 10.7. The van der Waals surface area contributed by atoms with Crippen LogP contribution in [0.5, 0.6) is 17.2 Å². The van der Waals surface area contributed by atoms with Crippen LogP contribution in [0.4, 0.5) is 5.69 Å². The molecule has 15 nitrogen and oxygen atoms in total. The molecule has 51 heavy (non-hydrogen) atoms. The van der Waals surface area contributed by atoms with Crippen molar-refractivity contribution in [2.45, 2.75) is 24.6 Å². The van der Waals surface area contributed by atoms with E-state index >= 15 is 0 Å². The van der Waals surface area contributed by atoms with Gasteiger partial charge in [-0.25, -0.2) is 19.2 Å². The molecule has 0 amide bonds. The zero-order chi connectivity index (χ0) is 36.5. The number of carbonyl (C=O) groups excluding carboxylic acids is 4. The first-order valence-electron chi connectivity index (χ1n) is 15.2. The van der Waals surface area contributed by atoms with Gasteiger partial charge in [-0.2, -0.15) is 0 Å². The van der Waals surface area contributed by atoms with Crippen LogP contribution in [0.1, 0.15) is 41.4 Å². The summed E-state index contributed by atoms with van der Waals surface area (Å²) in [4.78, 5) is 64.1. The van der Waals surface area contributed by atoms with E-state index in [1.165, 1.54) is 51.7 Å². The lowest BCUT2D eigenvalue weighted by molar-refractivity contribution is -0.384. The number of nitro groups is 1. The average molecular weight is 702 g/mol. The molecule has 4 atom stereocenters. The lowest BCUT2D eigenvalue weighted by Gasteiger charge is -2.24. The molecule has 264 valence electrons. The highest BCUT2D eigenvalue weighted by atomic mass is 16.8. The summed E-state index contributed by atoms with van der Waals surface area (Å²) in [5, 5.41) is 11.1. The Morgan fingerprint density at radius 2 is 1.06 bits per heavy atom. The fraction of sp³-hybridized carbons (Fsp3) is 0.222. The quantitative estimate of drug-likeness (QED) is 0.0800. The normalized spacial score (nSPS) is 17.8. The second kappa shape index (κ2) is 16.3. The molecule has 0 radical (unpaired) electrons. The van der Waals surface area contributed by atoms with Gasteiger partial charge in [-0.05, 0) is 48.5 Å². The van der Waals surface area contributed by atoms with Crippen LogP contribution in [-0.4, -0.2) is 81.3 Å². The number of nitrogens with zero attached hydrogens (tertiary/aromatic N) is 1. The highest BCUT2D eigenvalue weighted by Crippen LogP contribution is 2.33. The molecule has 0 saturated carbocycles. The number of hydrogen-bond acceptors (Lipinski definition) is 14. The third-order valence-electron chi connectivity index (χ3n) is 7.65. The Kier molecular flexibility index (Phi) is 11.4. The fourth-order valence-corrected chi connectivity index (χ4v) is 5.13. The van der Waals surface area contributed by atoms with Gasteiger partial charge >= 0.3 is 23.9 Å². The minimum atomic E-state index is -1.74. The van der Waals surface area contributed by atoms with Crippen molar-refractivity contribution < 1.29 is 62.0 Å². The lowest BCUT2D eigenvalue weighted by Crippen LogP contribution is -2.43. The van der Waals surface area contributed by atoms with Crippen LogP contribution >= 0.6 is 0 Å². The Balaban J connectivity index is 1.50. The molecule has 4 aromatic carbocycles. The van der Waals surface area contributed by atoms with Gasteiger partial charge in [0.05, 0.1) is 31.8 Å². The topological polar surface area (TPSA) is 185 Å². The van der Waals surface area contributed by atoms with Crippen molar-refractivity contribution in [3.63, 3.8) is 0 Å². The summed E-state index contributed by atoms with van der Waals surface area (Å²) in [5.74, 6) is -3.16. The van der Waals surface area contributed by atoms with Gasteiger partial charge in [-0.1, -0.05) is 36.4 Å². The lowest BCUT2D eigenvalue weighted by atomic mass is 10.1. The van der Waals surface area contributed by atoms with Crippen LogP contribution in [0.15, 0.2) is 97.1 Å². The number of nitro benzene ring substituents is 1. The van der Waals surface area contributed by atoms with Crippen molar-refractivity contribution >= 4 is 29.6 Å². The zero-order valence-corrected chi connectivity index (χ0v) is 27.4. The van der Waals surface area contributed by atoms with E-state index in [2.05, 4.69) is 0 Å². The summed E-state index contributed by atoms with van der Waals surface area (Å²) < 4.78 is 44.7. The van der Waals surface area contributed by atoms with Gasteiger partial charge < -0.3 is 37.9 Å². The number of ether oxygens (including phenoxy) is 8. The number of carbonyl (C=O) groups is 4. The summed E-state index contributed by atoms with van der Waals surface area (Å²) in [5.41, 5.74) is -0.298. The van der Waals surface area contributed by atoms with Crippen LogP contribution in [0.2, 0.25) is 0 Å². The van der Waals surface area contributed by atoms with Gasteiger partial charge in [0, 0.05) is 12.1 Å². The van der Waals surface area contributed by atoms with Gasteiger partial charge in [0.1, 0.15) is 46.6 Å². The standard InChI is InChI=1S/C36H31NO14/c1-44-26-13-7-4-10-23(26)33(39)47-20-29-30(49-34(40)24-11-5-8-14-27(24)45-2)31(50-35(41)25-12-6-9-15-28(25)46-3)36(48-29)51-32(38)21-16-18-22(19-17-21)37(42)43/h4-19,29-31,36H,20H2,1-3H3. The first kappa shape index (κ1) is 35.8. The molecule has 1 saturated heterocycles. The Labute approximate surface area is 290 Å². The molecule has 1 fully saturated rings. The highest BCUT2D eigenvalue weighted by molar-refractivity contribution is 5.94. The molecule has 4 unspecified atom stereocenters.